The van der Waals surface area contributed by atoms with Crippen LogP contribution in [0.1, 0.15) is 41.6 Å². The maximum Gasteiger partial charge on any atom is 0.337 e. The number of carboxylic acids is 1. The van der Waals surface area contributed by atoms with Crippen LogP contribution in [0.3, 0.4) is 0 Å². The number of fused-ring (bicyclic) bond motifs is 1. The van der Waals surface area contributed by atoms with E-state index in [0.29, 0.717) is 29.4 Å². The van der Waals surface area contributed by atoms with E-state index in [1.54, 1.807) is 19.1 Å². The molecule has 1 atom stereocenters. The van der Waals surface area contributed by atoms with Crippen molar-refractivity contribution in [1.82, 2.24) is 9.55 Å². The van der Waals surface area contributed by atoms with Gasteiger partial charge in [0.2, 0.25) is 5.91 Å². The van der Waals surface area contributed by atoms with Gasteiger partial charge in [0.1, 0.15) is 16.7 Å². The lowest BCUT2D eigenvalue weighted by atomic mass is 10.1. The smallest absolute Gasteiger partial charge is 0.337 e. The van der Waals surface area contributed by atoms with E-state index >= 15 is 0 Å². The quantitative estimate of drug-likeness (QED) is 0.569. The predicted octanol–water partition coefficient (Wildman–Crippen LogP) is 3.11. The molecule has 1 amide bonds. The zero-order valence-electron chi connectivity index (χ0n) is 17.0. The average Bonchev–Trinajstić information content (AvgIpc) is 3.17. The largest absolute Gasteiger partial charge is 0.478 e. The molecule has 0 bridgehead atoms. The van der Waals surface area contributed by atoms with E-state index in [4.69, 9.17) is 4.74 Å². The summed E-state index contributed by atoms with van der Waals surface area (Å²) in [4.78, 5) is 42.5. The van der Waals surface area contributed by atoms with Crippen LogP contribution < -0.4 is 10.9 Å². The molecule has 3 rings (SSSR count). The summed E-state index contributed by atoms with van der Waals surface area (Å²) in [7, 11) is 1.53. The van der Waals surface area contributed by atoms with Crippen LogP contribution in [0.4, 0.5) is 5.69 Å². The van der Waals surface area contributed by atoms with E-state index in [9.17, 15) is 19.5 Å². The van der Waals surface area contributed by atoms with Crippen LogP contribution in [0, 0.1) is 0 Å². The summed E-state index contributed by atoms with van der Waals surface area (Å²) in [6.07, 6.45) is 1.20. The van der Waals surface area contributed by atoms with Gasteiger partial charge in [0.05, 0.1) is 17.6 Å². The van der Waals surface area contributed by atoms with Crippen LogP contribution in [0.25, 0.3) is 10.2 Å². The maximum absolute atomic E-state index is 13.2. The number of aryl methyl sites for hydroxylation is 1. The highest BCUT2D eigenvalue weighted by molar-refractivity contribution is 7.17. The molecule has 0 fully saturated rings. The SMILES string of the molecule is CCc1ccc(NC(=O)C(C)n2c(CCOC)nc3scc(C(=O)O)c3c2=O)cc1. The predicted molar refractivity (Wildman–Crippen MR) is 116 cm³/mol. The van der Waals surface area contributed by atoms with Crippen LogP contribution in [-0.2, 0) is 22.4 Å². The minimum absolute atomic E-state index is 0.0145. The van der Waals surface area contributed by atoms with Crippen molar-refractivity contribution in [3.05, 3.63) is 57.0 Å². The van der Waals surface area contributed by atoms with E-state index in [-0.39, 0.29) is 10.9 Å². The maximum atomic E-state index is 13.2. The number of thiophene rings is 1. The Morgan fingerprint density at radius 3 is 2.60 bits per heavy atom. The highest BCUT2D eigenvalue weighted by atomic mass is 32.1. The van der Waals surface area contributed by atoms with Crippen molar-refractivity contribution < 1.29 is 19.4 Å². The molecular formula is C21H23N3O5S. The monoisotopic (exact) mass is 429 g/mol. The number of hydrogen-bond acceptors (Lipinski definition) is 6. The third-order valence-electron chi connectivity index (χ3n) is 4.87. The molecule has 0 saturated carbocycles. The number of aromatic carboxylic acids is 1. The lowest BCUT2D eigenvalue weighted by molar-refractivity contribution is -0.119. The van der Waals surface area contributed by atoms with Gasteiger partial charge >= 0.3 is 5.97 Å². The first-order valence-electron chi connectivity index (χ1n) is 9.52. The lowest BCUT2D eigenvalue weighted by Gasteiger charge is -2.19. The van der Waals surface area contributed by atoms with E-state index in [1.807, 2.05) is 19.1 Å². The van der Waals surface area contributed by atoms with Crippen molar-refractivity contribution in [2.24, 2.45) is 0 Å². The minimum atomic E-state index is -1.20. The second kappa shape index (κ2) is 9.19. The molecule has 9 heteroatoms. The number of rotatable bonds is 8. The number of anilines is 1. The number of benzene rings is 1. The Morgan fingerprint density at radius 1 is 1.30 bits per heavy atom. The first kappa shape index (κ1) is 21.7. The van der Waals surface area contributed by atoms with E-state index in [1.165, 1.54) is 17.1 Å². The van der Waals surface area contributed by atoms with Gasteiger partial charge in [0, 0.05) is 24.6 Å². The molecule has 0 aliphatic carbocycles. The van der Waals surface area contributed by atoms with Crippen molar-refractivity contribution in [2.75, 3.05) is 19.0 Å². The van der Waals surface area contributed by atoms with Crippen LogP contribution in [-0.4, -0.2) is 40.3 Å². The van der Waals surface area contributed by atoms with Gasteiger partial charge in [-0.25, -0.2) is 9.78 Å². The van der Waals surface area contributed by atoms with Crippen molar-refractivity contribution in [1.29, 1.82) is 0 Å². The van der Waals surface area contributed by atoms with Crippen LogP contribution in [0.5, 0.6) is 0 Å². The van der Waals surface area contributed by atoms with Crippen molar-refractivity contribution >= 4 is 39.1 Å². The first-order valence-corrected chi connectivity index (χ1v) is 10.4. The molecule has 3 aromatic rings. The number of carbonyl (C=O) groups excluding carboxylic acids is 1. The molecule has 2 aromatic heterocycles. The molecule has 0 saturated heterocycles. The normalized spacial score (nSPS) is 12.1. The van der Waals surface area contributed by atoms with Gasteiger partial charge in [-0.2, -0.15) is 0 Å². The zero-order valence-corrected chi connectivity index (χ0v) is 17.8. The summed E-state index contributed by atoms with van der Waals surface area (Å²) in [6.45, 7) is 3.94. The van der Waals surface area contributed by atoms with Gasteiger partial charge in [-0.05, 0) is 31.0 Å². The Hall–Kier alpha value is -3.04. The van der Waals surface area contributed by atoms with Gasteiger partial charge < -0.3 is 15.2 Å². The van der Waals surface area contributed by atoms with E-state index in [0.717, 1.165) is 23.3 Å². The second-order valence-corrected chi connectivity index (χ2v) is 7.65. The van der Waals surface area contributed by atoms with Gasteiger partial charge in [0.25, 0.3) is 5.56 Å². The number of carboxylic acid groups (broad SMARTS) is 1. The van der Waals surface area contributed by atoms with E-state index < -0.39 is 23.5 Å². The van der Waals surface area contributed by atoms with Gasteiger partial charge in [-0.15, -0.1) is 11.3 Å². The molecule has 2 N–H and O–H groups in total. The molecule has 0 spiro atoms. The molecule has 30 heavy (non-hydrogen) atoms. The summed E-state index contributed by atoms with van der Waals surface area (Å²) in [5, 5.41) is 13.6. The molecule has 2 heterocycles. The molecule has 0 aliphatic rings. The number of amides is 1. The Bertz CT molecular complexity index is 1130. The second-order valence-electron chi connectivity index (χ2n) is 6.80. The lowest BCUT2D eigenvalue weighted by Crippen LogP contribution is -2.35. The number of nitrogens with zero attached hydrogens (tertiary/aromatic N) is 2. The summed E-state index contributed by atoms with van der Waals surface area (Å²) in [5.74, 6) is -1.23. The number of carbonyl (C=O) groups is 2. The number of nitrogens with one attached hydrogen (secondary N) is 1. The molecule has 8 nitrogen and oxygen atoms in total. The molecular weight excluding hydrogens is 406 g/mol. The summed E-state index contributed by atoms with van der Waals surface area (Å²) in [5.41, 5.74) is 1.11. The number of aromatic nitrogens is 2. The standard InChI is InChI=1S/C21H23N3O5S/c1-4-13-5-7-14(8-6-13)22-18(25)12(2)24-16(9-10-29-3)23-19-17(20(24)26)15(11-30-19)21(27)28/h5-8,11-12H,4,9-10H2,1-3H3,(H,22,25)(H,27,28). The van der Waals surface area contributed by atoms with Crippen LogP contribution in [0.2, 0.25) is 0 Å². The van der Waals surface area contributed by atoms with E-state index in [2.05, 4.69) is 10.3 Å². The van der Waals surface area contributed by atoms with Crippen LogP contribution >= 0.6 is 11.3 Å². The summed E-state index contributed by atoms with van der Waals surface area (Å²) in [6, 6.07) is 6.57. The third kappa shape index (κ3) is 4.27. The van der Waals surface area contributed by atoms with Gasteiger partial charge in [-0.3, -0.25) is 14.2 Å². The van der Waals surface area contributed by atoms with Crippen molar-refractivity contribution in [3.63, 3.8) is 0 Å². The van der Waals surface area contributed by atoms with Crippen molar-refractivity contribution in [3.8, 4) is 0 Å². The van der Waals surface area contributed by atoms with Crippen molar-refractivity contribution in [2.45, 2.75) is 32.7 Å². The number of methoxy groups -OCH3 is 1. The Morgan fingerprint density at radius 2 is 2.00 bits per heavy atom. The van der Waals surface area contributed by atoms with Gasteiger partial charge in [-0.1, -0.05) is 19.1 Å². The average molecular weight is 429 g/mol. The highest BCUT2D eigenvalue weighted by Crippen LogP contribution is 2.23. The summed E-state index contributed by atoms with van der Waals surface area (Å²) < 4.78 is 6.37. The minimum Gasteiger partial charge on any atom is -0.478 e. The number of ether oxygens (including phenoxy) is 1. The van der Waals surface area contributed by atoms with Gasteiger partial charge in [0.15, 0.2) is 0 Å². The Balaban J connectivity index is 2.03. The molecule has 1 unspecified atom stereocenters. The Kier molecular flexibility index (Phi) is 6.63. The van der Waals surface area contributed by atoms with Crippen LogP contribution in [0.15, 0.2) is 34.4 Å². The molecule has 0 aliphatic heterocycles. The fraction of sp³-hybridized carbons (Fsp3) is 0.333. The third-order valence-corrected chi connectivity index (χ3v) is 5.74. The molecule has 158 valence electrons. The fourth-order valence-electron chi connectivity index (χ4n) is 3.16. The molecule has 0 radical (unpaired) electrons. The first-order chi connectivity index (χ1) is 14.4. The fourth-order valence-corrected chi connectivity index (χ4v) is 4.08. The zero-order chi connectivity index (χ0) is 21.8. The summed E-state index contributed by atoms with van der Waals surface area (Å²) >= 11 is 1.09. The Labute approximate surface area is 177 Å². The topological polar surface area (TPSA) is 111 Å². The number of hydrogen-bond donors (Lipinski definition) is 2. The molecule has 1 aromatic carbocycles. The highest BCUT2D eigenvalue weighted by Gasteiger charge is 2.25.